The first kappa shape index (κ1) is 12.1. The van der Waals surface area contributed by atoms with E-state index in [1.54, 1.807) is 6.20 Å². The van der Waals surface area contributed by atoms with Gasteiger partial charge < -0.3 is 4.90 Å². The molecular weight excluding hydrogens is 296 g/mol. The molecule has 0 amide bonds. The van der Waals surface area contributed by atoms with Crippen LogP contribution in [0.15, 0.2) is 10.7 Å². The number of rotatable bonds is 2. The van der Waals surface area contributed by atoms with E-state index in [4.69, 9.17) is 5.84 Å². The first-order valence-corrected chi connectivity index (χ1v) is 7.05. The highest BCUT2D eigenvalue weighted by Crippen LogP contribution is 2.29. The van der Waals surface area contributed by atoms with Gasteiger partial charge in [0.1, 0.15) is 5.82 Å². The maximum absolute atomic E-state index is 5.37. The third-order valence-electron chi connectivity index (χ3n) is 3.74. The van der Waals surface area contributed by atoms with Gasteiger partial charge in [-0.1, -0.05) is 0 Å². The van der Waals surface area contributed by atoms with Crippen molar-refractivity contribution in [2.24, 2.45) is 5.84 Å². The van der Waals surface area contributed by atoms with E-state index in [2.05, 4.69) is 41.1 Å². The van der Waals surface area contributed by atoms with Crippen molar-refractivity contribution >= 4 is 27.7 Å². The molecule has 0 aromatic carbocycles. The zero-order valence-corrected chi connectivity index (χ0v) is 11.7. The molecular formula is C11H17BrN6. The number of hydrogen-bond donors (Lipinski definition) is 2. The van der Waals surface area contributed by atoms with Gasteiger partial charge in [0.05, 0.1) is 4.47 Å². The highest BCUT2D eigenvalue weighted by molar-refractivity contribution is 9.10. The number of nitrogens with zero attached hydrogens (tertiary/aromatic N) is 4. The molecule has 0 bridgehead atoms. The largest absolute Gasteiger partial charge is 0.353 e. The van der Waals surface area contributed by atoms with Crippen LogP contribution in [0, 0.1) is 0 Å². The first-order valence-electron chi connectivity index (χ1n) is 6.26. The Kier molecular flexibility index (Phi) is 3.36. The van der Waals surface area contributed by atoms with Crippen LogP contribution < -0.4 is 16.2 Å². The molecule has 3 rings (SSSR count). The number of piperazine rings is 1. The lowest BCUT2D eigenvalue weighted by Crippen LogP contribution is -2.50. The van der Waals surface area contributed by atoms with Gasteiger partial charge in [0.2, 0.25) is 5.95 Å². The monoisotopic (exact) mass is 312 g/mol. The lowest BCUT2D eigenvalue weighted by atomic mass is 10.1. The van der Waals surface area contributed by atoms with E-state index in [0.29, 0.717) is 12.0 Å². The predicted molar refractivity (Wildman–Crippen MR) is 74.4 cm³/mol. The molecule has 0 aliphatic carbocycles. The van der Waals surface area contributed by atoms with Crippen molar-refractivity contribution in [1.29, 1.82) is 0 Å². The fourth-order valence-corrected chi connectivity index (χ4v) is 3.27. The fraction of sp³-hybridized carbons (Fsp3) is 0.636. The molecule has 2 aliphatic rings. The lowest BCUT2D eigenvalue weighted by molar-refractivity contribution is 0.230. The zero-order chi connectivity index (χ0) is 12.5. The van der Waals surface area contributed by atoms with Crippen LogP contribution >= 0.6 is 15.9 Å². The Morgan fingerprint density at radius 1 is 1.39 bits per heavy atom. The average molecular weight is 313 g/mol. The summed E-state index contributed by atoms with van der Waals surface area (Å²) in [5.41, 5.74) is 2.50. The van der Waals surface area contributed by atoms with Crippen molar-refractivity contribution in [1.82, 2.24) is 14.9 Å². The van der Waals surface area contributed by atoms with Crippen LogP contribution in [0.5, 0.6) is 0 Å². The van der Waals surface area contributed by atoms with Crippen LogP contribution in [-0.2, 0) is 0 Å². The van der Waals surface area contributed by atoms with Crippen LogP contribution in [0.2, 0.25) is 0 Å². The summed E-state index contributed by atoms with van der Waals surface area (Å²) in [4.78, 5) is 13.4. The molecule has 6 nitrogen and oxygen atoms in total. The molecule has 1 aromatic heterocycles. The molecule has 1 atom stereocenters. The molecule has 1 unspecified atom stereocenters. The average Bonchev–Trinajstić information content (AvgIpc) is 2.86. The molecule has 98 valence electrons. The van der Waals surface area contributed by atoms with Crippen LogP contribution in [-0.4, -0.2) is 47.1 Å². The van der Waals surface area contributed by atoms with Crippen molar-refractivity contribution in [3.8, 4) is 0 Å². The topological polar surface area (TPSA) is 70.3 Å². The summed E-state index contributed by atoms with van der Waals surface area (Å²) in [6.45, 7) is 4.42. The molecule has 2 saturated heterocycles. The third kappa shape index (κ3) is 2.17. The van der Waals surface area contributed by atoms with Crippen molar-refractivity contribution in [2.45, 2.75) is 18.9 Å². The van der Waals surface area contributed by atoms with Gasteiger partial charge in [-0.3, -0.25) is 10.3 Å². The summed E-state index contributed by atoms with van der Waals surface area (Å²) in [5.74, 6) is 6.76. The predicted octanol–water partition coefficient (Wildman–Crippen LogP) is 0.809. The summed E-state index contributed by atoms with van der Waals surface area (Å²) < 4.78 is 0.924. The Morgan fingerprint density at radius 3 is 3.11 bits per heavy atom. The summed E-state index contributed by atoms with van der Waals surface area (Å²) >= 11 is 3.52. The van der Waals surface area contributed by atoms with E-state index in [-0.39, 0.29) is 0 Å². The lowest BCUT2D eigenvalue weighted by Gasteiger charge is -2.38. The van der Waals surface area contributed by atoms with E-state index in [1.807, 2.05) is 0 Å². The number of hydrogen-bond acceptors (Lipinski definition) is 6. The van der Waals surface area contributed by atoms with Gasteiger partial charge in [0.15, 0.2) is 0 Å². The maximum atomic E-state index is 5.37. The van der Waals surface area contributed by atoms with Gasteiger partial charge in [0.25, 0.3) is 0 Å². The minimum absolute atomic E-state index is 0.460. The molecule has 0 radical (unpaired) electrons. The Bertz CT molecular complexity index is 440. The number of nitrogens with two attached hydrogens (primary N) is 1. The summed E-state index contributed by atoms with van der Waals surface area (Å²) in [6, 6.07) is 0.676. The quantitative estimate of drug-likeness (QED) is 0.622. The van der Waals surface area contributed by atoms with E-state index in [0.717, 1.165) is 29.9 Å². The summed E-state index contributed by atoms with van der Waals surface area (Å²) in [6.07, 6.45) is 4.36. The second kappa shape index (κ2) is 4.99. The molecule has 3 N–H and O–H groups in total. The second-order valence-electron chi connectivity index (χ2n) is 4.79. The van der Waals surface area contributed by atoms with Crippen LogP contribution in [0.25, 0.3) is 0 Å². The zero-order valence-electron chi connectivity index (χ0n) is 10.1. The molecule has 3 heterocycles. The number of nitrogens with one attached hydrogen (secondary N) is 1. The van der Waals surface area contributed by atoms with Crippen molar-refractivity contribution in [2.75, 3.05) is 36.5 Å². The Balaban J connectivity index is 1.82. The molecule has 7 heteroatoms. The smallest absolute Gasteiger partial charge is 0.239 e. The van der Waals surface area contributed by atoms with Gasteiger partial charge in [0, 0.05) is 31.9 Å². The fourth-order valence-electron chi connectivity index (χ4n) is 2.83. The number of nitrogen functional groups attached to an aromatic ring is 1. The van der Waals surface area contributed by atoms with Crippen molar-refractivity contribution in [3.63, 3.8) is 0 Å². The Hall–Kier alpha value is -0.920. The van der Waals surface area contributed by atoms with Gasteiger partial charge in [-0.05, 0) is 35.3 Å². The molecule has 0 saturated carbocycles. The molecule has 2 aliphatic heterocycles. The van der Waals surface area contributed by atoms with E-state index in [9.17, 15) is 0 Å². The molecule has 0 spiro atoms. The summed E-state index contributed by atoms with van der Waals surface area (Å²) in [5, 5.41) is 0. The van der Waals surface area contributed by atoms with Crippen LogP contribution in [0.3, 0.4) is 0 Å². The van der Waals surface area contributed by atoms with E-state index < -0.39 is 0 Å². The van der Waals surface area contributed by atoms with Crippen molar-refractivity contribution in [3.05, 3.63) is 10.7 Å². The molecule has 1 aromatic rings. The molecule has 18 heavy (non-hydrogen) atoms. The van der Waals surface area contributed by atoms with E-state index >= 15 is 0 Å². The van der Waals surface area contributed by atoms with Crippen molar-refractivity contribution < 1.29 is 0 Å². The third-order valence-corrected chi connectivity index (χ3v) is 4.30. The number of hydrazine groups is 1. The SMILES string of the molecule is NNc1ncc(Br)c(N2CCN3CCCC3C2)n1. The summed E-state index contributed by atoms with van der Waals surface area (Å²) in [7, 11) is 0. The van der Waals surface area contributed by atoms with E-state index in [1.165, 1.54) is 19.4 Å². The highest BCUT2D eigenvalue weighted by Gasteiger charge is 2.31. The van der Waals surface area contributed by atoms with Gasteiger partial charge in [-0.15, -0.1) is 0 Å². The Labute approximate surface area is 115 Å². The molecule has 2 fully saturated rings. The number of aromatic nitrogens is 2. The number of anilines is 2. The Morgan fingerprint density at radius 2 is 2.28 bits per heavy atom. The van der Waals surface area contributed by atoms with Crippen LogP contribution in [0.1, 0.15) is 12.8 Å². The first-order chi connectivity index (χ1) is 8.78. The standard InChI is InChI=1S/C11H17BrN6/c12-9-6-14-11(16-13)15-10(9)18-5-4-17-3-1-2-8(17)7-18/h6,8H,1-5,7,13H2,(H,14,15,16). The van der Waals surface area contributed by atoms with Gasteiger partial charge >= 0.3 is 0 Å². The van der Waals surface area contributed by atoms with Gasteiger partial charge in [-0.25, -0.2) is 10.8 Å². The number of fused-ring (bicyclic) bond motifs is 1. The minimum Gasteiger partial charge on any atom is -0.353 e. The van der Waals surface area contributed by atoms with Gasteiger partial charge in [-0.2, -0.15) is 4.98 Å². The number of halogens is 1. The minimum atomic E-state index is 0.460. The normalized spacial score (nSPS) is 24.1. The second-order valence-corrected chi connectivity index (χ2v) is 5.64. The highest BCUT2D eigenvalue weighted by atomic mass is 79.9. The maximum Gasteiger partial charge on any atom is 0.239 e. The van der Waals surface area contributed by atoms with Crippen LogP contribution in [0.4, 0.5) is 11.8 Å².